The van der Waals surface area contributed by atoms with Gasteiger partial charge in [-0.3, -0.25) is 4.79 Å². The number of hydrogen-bond donors (Lipinski definition) is 2. The van der Waals surface area contributed by atoms with Crippen molar-refractivity contribution in [3.05, 3.63) is 65.3 Å². The van der Waals surface area contributed by atoms with Crippen molar-refractivity contribution in [2.45, 2.75) is 51.3 Å². The van der Waals surface area contributed by atoms with Crippen LogP contribution in [0, 0.1) is 6.92 Å². The van der Waals surface area contributed by atoms with Crippen LogP contribution in [-0.2, 0) is 21.2 Å². The van der Waals surface area contributed by atoms with Crippen LogP contribution in [0.4, 0.5) is 5.69 Å². The van der Waals surface area contributed by atoms with E-state index in [1.165, 1.54) is 12.1 Å². The molecule has 1 heterocycles. The second kappa shape index (κ2) is 11.3. The number of hydrogen-bond acceptors (Lipinski definition) is 7. The van der Waals surface area contributed by atoms with Gasteiger partial charge in [0.1, 0.15) is 5.75 Å². The average molecular weight is 487 g/mol. The van der Waals surface area contributed by atoms with E-state index in [9.17, 15) is 13.2 Å². The Kier molecular flexibility index (Phi) is 8.41. The highest BCUT2D eigenvalue weighted by molar-refractivity contribution is 7.89. The van der Waals surface area contributed by atoms with Gasteiger partial charge < -0.3 is 14.6 Å². The Bertz CT molecular complexity index is 1220. The lowest BCUT2D eigenvalue weighted by molar-refractivity contribution is -0.118. The number of aryl methyl sites for hydroxylation is 1. The number of rotatable bonds is 11. The Morgan fingerprint density at radius 1 is 1.15 bits per heavy atom. The Hall–Kier alpha value is -3.24. The Balaban J connectivity index is 1.52. The topological polar surface area (TPSA) is 123 Å². The van der Waals surface area contributed by atoms with E-state index in [0.29, 0.717) is 48.1 Å². The lowest BCUT2D eigenvalue weighted by Gasteiger charge is -2.12. The number of anilines is 1. The lowest BCUT2D eigenvalue weighted by Crippen LogP contribution is -2.24. The third-order valence-corrected chi connectivity index (χ3v) is 6.39. The summed E-state index contributed by atoms with van der Waals surface area (Å²) in [4.78, 5) is 16.8. The molecule has 10 heteroatoms. The standard InChI is InChI=1S/C24H30N4O5S/c1-5-12-25-34(30,31)20-10-11-21(17(4)13-20)32-15-23(29)26-19-8-6-18(7-9-19)14-22-27-24(16(2)3)33-28-22/h6-11,13,16,25H,5,12,14-15H2,1-4H3,(H,26,29). The van der Waals surface area contributed by atoms with Crippen molar-refractivity contribution >= 4 is 21.6 Å². The van der Waals surface area contributed by atoms with Crippen LogP contribution in [0.1, 0.15) is 56.0 Å². The molecule has 182 valence electrons. The number of aromatic nitrogens is 2. The van der Waals surface area contributed by atoms with Crippen LogP contribution in [-0.4, -0.2) is 37.6 Å². The first-order valence-electron chi connectivity index (χ1n) is 11.1. The first-order valence-corrected chi connectivity index (χ1v) is 12.6. The second-order valence-corrected chi connectivity index (χ2v) is 10.0. The Morgan fingerprint density at radius 2 is 1.88 bits per heavy atom. The molecule has 0 saturated heterocycles. The number of nitrogens with zero attached hydrogens (tertiary/aromatic N) is 2. The maximum Gasteiger partial charge on any atom is 0.262 e. The van der Waals surface area contributed by atoms with E-state index in [0.717, 1.165) is 5.56 Å². The normalized spacial score (nSPS) is 11.6. The van der Waals surface area contributed by atoms with Crippen LogP contribution in [0.25, 0.3) is 0 Å². The Labute approximate surface area is 200 Å². The monoisotopic (exact) mass is 486 g/mol. The SMILES string of the molecule is CCCNS(=O)(=O)c1ccc(OCC(=O)Nc2ccc(Cc3noc(C(C)C)n3)cc2)c(C)c1. The van der Waals surface area contributed by atoms with Crippen LogP contribution in [0.2, 0.25) is 0 Å². The van der Waals surface area contributed by atoms with Gasteiger partial charge in [0.25, 0.3) is 5.91 Å². The fourth-order valence-electron chi connectivity index (χ4n) is 3.07. The zero-order chi connectivity index (χ0) is 24.7. The number of ether oxygens (including phenoxy) is 1. The van der Waals surface area contributed by atoms with Crippen molar-refractivity contribution in [3.63, 3.8) is 0 Å². The van der Waals surface area contributed by atoms with E-state index >= 15 is 0 Å². The van der Waals surface area contributed by atoms with Crippen LogP contribution < -0.4 is 14.8 Å². The molecule has 0 spiro atoms. The molecule has 34 heavy (non-hydrogen) atoms. The highest BCUT2D eigenvalue weighted by atomic mass is 32.2. The molecule has 0 aliphatic heterocycles. The van der Waals surface area contributed by atoms with Crippen molar-refractivity contribution in [2.24, 2.45) is 0 Å². The molecule has 0 atom stereocenters. The maximum absolute atomic E-state index is 12.3. The molecule has 2 N–H and O–H groups in total. The molecule has 0 unspecified atom stereocenters. The van der Waals surface area contributed by atoms with E-state index in [1.54, 1.807) is 25.1 Å². The van der Waals surface area contributed by atoms with E-state index in [-0.39, 0.29) is 23.3 Å². The largest absolute Gasteiger partial charge is 0.483 e. The van der Waals surface area contributed by atoms with Gasteiger partial charge in [-0.15, -0.1) is 0 Å². The van der Waals surface area contributed by atoms with Gasteiger partial charge in [-0.25, -0.2) is 13.1 Å². The number of benzene rings is 2. The molecule has 3 rings (SSSR count). The van der Waals surface area contributed by atoms with Gasteiger partial charge in [-0.05, 0) is 54.8 Å². The number of nitrogens with one attached hydrogen (secondary N) is 2. The molecule has 0 fully saturated rings. The van der Waals surface area contributed by atoms with Crippen molar-refractivity contribution in [2.75, 3.05) is 18.5 Å². The summed E-state index contributed by atoms with van der Waals surface area (Å²) in [6.45, 7) is 7.78. The van der Waals surface area contributed by atoms with Crippen molar-refractivity contribution in [1.82, 2.24) is 14.9 Å². The second-order valence-electron chi connectivity index (χ2n) is 8.24. The third-order valence-electron chi connectivity index (χ3n) is 4.94. The summed E-state index contributed by atoms with van der Waals surface area (Å²) in [7, 11) is -3.56. The highest BCUT2D eigenvalue weighted by Gasteiger charge is 2.15. The molecule has 2 aromatic carbocycles. The molecular formula is C24H30N4O5S. The zero-order valence-electron chi connectivity index (χ0n) is 19.8. The summed E-state index contributed by atoms with van der Waals surface area (Å²) >= 11 is 0. The first-order chi connectivity index (χ1) is 16.2. The summed E-state index contributed by atoms with van der Waals surface area (Å²) in [6, 6.07) is 11.9. The molecule has 1 amide bonds. The predicted octanol–water partition coefficient (Wildman–Crippen LogP) is 3.80. The highest BCUT2D eigenvalue weighted by Crippen LogP contribution is 2.22. The van der Waals surface area contributed by atoms with Gasteiger partial charge in [0.05, 0.1) is 4.90 Å². The van der Waals surface area contributed by atoms with Gasteiger partial charge in [0.15, 0.2) is 12.4 Å². The number of carbonyl (C=O) groups is 1. The fraction of sp³-hybridized carbons (Fsp3) is 0.375. The minimum absolute atomic E-state index is 0.164. The third kappa shape index (κ3) is 6.88. The molecule has 0 saturated carbocycles. The lowest BCUT2D eigenvalue weighted by atomic mass is 10.1. The number of amides is 1. The number of sulfonamides is 1. The minimum Gasteiger partial charge on any atom is -0.483 e. The van der Waals surface area contributed by atoms with Gasteiger partial charge in [-0.2, -0.15) is 4.98 Å². The van der Waals surface area contributed by atoms with Gasteiger partial charge in [0, 0.05) is 24.6 Å². The van der Waals surface area contributed by atoms with Crippen molar-refractivity contribution in [1.29, 1.82) is 0 Å². The van der Waals surface area contributed by atoms with Crippen LogP contribution in [0.15, 0.2) is 51.9 Å². The van der Waals surface area contributed by atoms with E-state index in [1.807, 2.05) is 32.9 Å². The quantitative estimate of drug-likeness (QED) is 0.422. The summed E-state index contributed by atoms with van der Waals surface area (Å²) in [5.74, 6) is 1.52. The van der Waals surface area contributed by atoms with Crippen LogP contribution >= 0.6 is 0 Å². The minimum atomic E-state index is -3.56. The van der Waals surface area contributed by atoms with Gasteiger partial charge in [0.2, 0.25) is 15.9 Å². The van der Waals surface area contributed by atoms with Crippen molar-refractivity contribution in [3.8, 4) is 5.75 Å². The molecule has 1 aromatic heterocycles. The van der Waals surface area contributed by atoms with Gasteiger partial charge in [-0.1, -0.05) is 38.1 Å². The van der Waals surface area contributed by atoms with Crippen LogP contribution in [0.5, 0.6) is 5.75 Å². The van der Waals surface area contributed by atoms with E-state index in [4.69, 9.17) is 9.26 Å². The molecule has 0 aliphatic carbocycles. The Morgan fingerprint density at radius 3 is 2.50 bits per heavy atom. The molecule has 0 bridgehead atoms. The van der Waals surface area contributed by atoms with Gasteiger partial charge >= 0.3 is 0 Å². The first kappa shape index (κ1) is 25.4. The summed E-state index contributed by atoms with van der Waals surface area (Å²) in [5, 5.41) is 6.77. The molecule has 9 nitrogen and oxygen atoms in total. The molecule has 0 aliphatic rings. The zero-order valence-corrected chi connectivity index (χ0v) is 20.6. The summed E-state index contributed by atoms with van der Waals surface area (Å²) in [5.41, 5.74) is 2.25. The van der Waals surface area contributed by atoms with E-state index in [2.05, 4.69) is 20.2 Å². The summed E-state index contributed by atoms with van der Waals surface area (Å²) < 4.78 is 37.8. The molecule has 0 radical (unpaired) electrons. The number of carbonyl (C=O) groups excluding carboxylic acids is 1. The van der Waals surface area contributed by atoms with Crippen molar-refractivity contribution < 1.29 is 22.5 Å². The molecule has 3 aromatic rings. The maximum atomic E-state index is 12.3. The summed E-state index contributed by atoms with van der Waals surface area (Å²) in [6.07, 6.45) is 1.24. The predicted molar refractivity (Wildman–Crippen MR) is 128 cm³/mol. The fourth-order valence-corrected chi connectivity index (χ4v) is 4.29. The smallest absolute Gasteiger partial charge is 0.262 e. The van der Waals surface area contributed by atoms with Crippen LogP contribution in [0.3, 0.4) is 0 Å². The van der Waals surface area contributed by atoms with E-state index < -0.39 is 10.0 Å². The average Bonchev–Trinajstić information content (AvgIpc) is 3.27. The molecular weight excluding hydrogens is 456 g/mol.